The molecule has 98 valence electrons. The Morgan fingerprint density at radius 3 is 2.33 bits per heavy atom. The van der Waals surface area contributed by atoms with Gasteiger partial charge >= 0.3 is 5.97 Å². The number of sulfonamides is 1. The fourth-order valence-electron chi connectivity index (χ4n) is 1.14. The molecule has 0 aliphatic carbocycles. The van der Waals surface area contributed by atoms with E-state index in [1.54, 1.807) is 10.8 Å². The molecule has 0 aromatic heterocycles. The molecule has 0 saturated carbocycles. The van der Waals surface area contributed by atoms with Crippen LogP contribution < -0.4 is 10.5 Å². The molecule has 4 N–H and O–H groups in total. The number of nitrogens with one attached hydrogen (secondary N) is 1. The summed E-state index contributed by atoms with van der Waals surface area (Å²) in [6, 6.07) is 5.82. The standard InChI is InChI=1S/C10H12N2O5S/c11-8(10(14)15)6-9(13)12-18(16,17)7-4-2-1-3-5-7/h1-5,8H,6,11H2,(H,12,13)(H,14,15)/t8-/m1/s1. The first-order chi connectivity index (χ1) is 8.33. The van der Waals surface area contributed by atoms with Gasteiger partial charge in [0.25, 0.3) is 10.0 Å². The third-order valence-corrected chi connectivity index (χ3v) is 3.41. The summed E-state index contributed by atoms with van der Waals surface area (Å²) in [5.41, 5.74) is 5.12. The Balaban J connectivity index is 2.73. The van der Waals surface area contributed by atoms with Gasteiger partial charge < -0.3 is 10.8 Å². The van der Waals surface area contributed by atoms with Gasteiger partial charge in [-0.25, -0.2) is 13.1 Å². The minimum absolute atomic E-state index is 0.0813. The molecule has 8 heteroatoms. The average Bonchev–Trinajstić information content (AvgIpc) is 2.29. The molecule has 18 heavy (non-hydrogen) atoms. The average molecular weight is 272 g/mol. The lowest BCUT2D eigenvalue weighted by atomic mass is 10.2. The van der Waals surface area contributed by atoms with E-state index in [-0.39, 0.29) is 4.90 Å². The lowest BCUT2D eigenvalue weighted by Crippen LogP contribution is -2.39. The maximum Gasteiger partial charge on any atom is 0.321 e. The molecule has 1 aromatic carbocycles. The normalized spacial score (nSPS) is 12.7. The SMILES string of the molecule is N[C@H](CC(=O)NS(=O)(=O)c1ccccc1)C(=O)O. The summed E-state index contributed by atoms with van der Waals surface area (Å²) in [7, 11) is -3.98. The van der Waals surface area contributed by atoms with Gasteiger partial charge in [-0.05, 0) is 12.1 Å². The van der Waals surface area contributed by atoms with Crippen LogP contribution in [-0.4, -0.2) is 31.4 Å². The fraction of sp³-hybridized carbons (Fsp3) is 0.200. The van der Waals surface area contributed by atoms with Crippen molar-refractivity contribution in [3.05, 3.63) is 30.3 Å². The first-order valence-corrected chi connectivity index (χ1v) is 6.40. The first kappa shape index (κ1) is 14.1. The Kier molecular flexibility index (Phi) is 4.40. The van der Waals surface area contributed by atoms with E-state index < -0.39 is 34.4 Å². The quantitative estimate of drug-likeness (QED) is 0.650. The van der Waals surface area contributed by atoms with Crippen molar-refractivity contribution in [2.45, 2.75) is 17.4 Å². The second-order valence-electron chi connectivity index (χ2n) is 3.49. The van der Waals surface area contributed by atoms with Crippen LogP contribution in [0.1, 0.15) is 6.42 Å². The van der Waals surface area contributed by atoms with Crippen LogP contribution in [0.4, 0.5) is 0 Å². The number of carbonyl (C=O) groups excluding carboxylic acids is 1. The fourth-order valence-corrected chi connectivity index (χ4v) is 2.15. The summed E-state index contributed by atoms with van der Waals surface area (Å²) < 4.78 is 25.1. The van der Waals surface area contributed by atoms with Gasteiger partial charge in [-0.15, -0.1) is 0 Å². The van der Waals surface area contributed by atoms with Crippen molar-refractivity contribution in [3.63, 3.8) is 0 Å². The lowest BCUT2D eigenvalue weighted by Gasteiger charge is -2.08. The number of carboxylic acids is 1. The van der Waals surface area contributed by atoms with Crippen molar-refractivity contribution in [2.24, 2.45) is 5.73 Å². The van der Waals surface area contributed by atoms with Gasteiger partial charge in [-0.1, -0.05) is 18.2 Å². The van der Waals surface area contributed by atoms with E-state index in [0.29, 0.717) is 0 Å². The molecule has 7 nitrogen and oxygen atoms in total. The van der Waals surface area contributed by atoms with E-state index in [0.717, 1.165) is 0 Å². The Bertz CT molecular complexity index is 541. The number of carboxylic acid groups (broad SMARTS) is 1. The number of hydrogen-bond donors (Lipinski definition) is 3. The van der Waals surface area contributed by atoms with Crippen molar-refractivity contribution < 1.29 is 23.1 Å². The van der Waals surface area contributed by atoms with Gasteiger partial charge in [-0.3, -0.25) is 9.59 Å². The van der Waals surface area contributed by atoms with Gasteiger partial charge in [0.05, 0.1) is 11.3 Å². The van der Waals surface area contributed by atoms with Crippen LogP contribution in [0.2, 0.25) is 0 Å². The maximum absolute atomic E-state index is 11.7. The highest BCUT2D eigenvalue weighted by molar-refractivity contribution is 7.90. The van der Waals surface area contributed by atoms with E-state index >= 15 is 0 Å². The molecule has 0 aliphatic heterocycles. The third-order valence-electron chi connectivity index (χ3n) is 2.02. The van der Waals surface area contributed by atoms with Gasteiger partial charge in [0.1, 0.15) is 6.04 Å². The highest BCUT2D eigenvalue weighted by atomic mass is 32.2. The number of nitrogens with two attached hydrogens (primary N) is 1. The zero-order valence-corrected chi connectivity index (χ0v) is 10.1. The molecule has 1 amide bonds. The van der Waals surface area contributed by atoms with Crippen molar-refractivity contribution >= 4 is 21.9 Å². The summed E-state index contributed by atoms with van der Waals surface area (Å²) in [5, 5.41) is 8.49. The van der Waals surface area contributed by atoms with Crippen molar-refractivity contribution in [1.29, 1.82) is 0 Å². The van der Waals surface area contributed by atoms with Gasteiger partial charge in [-0.2, -0.15) is 0 Å². The highest BCUT2D eigenvalue weighted by Gasteiger charge is 2.21. The number of rotatable bonds is 5. The summed E-state index contributed by atoms with van der Waals surface area (Å²) in [6.07, 6.45) is -0.610. The van der Waals surface area contributed by atoms with E-state index in [1.807, 2.05) is 0 Å². The molecule has 1 aromatic rings. The number of aliphatic carboxylic acids is 1. The molecule has 0 unspecified atom stereocenters. The molecule has 0 bridgehead atoms. The number of amides is 1. The third kappa shape index (κ3) is 3.82. The second kappa shape index (κ2) is 5.61. The molecule has 1 atom stereocenters. The van der Waals surface area contributed by atoms with Crippen LogP contribution in [0.15, 0.2) is 35.2 Å². The van der Waals surface area contributed by atoms with Gasteiger partial charge in [0.2, 0.25) is 5.91 Å². The van der Waals surface area contributed by atoms with Crippen LogP contribution in [0.5, 0.6) is 0 Å². The molecule has 0 radical (unpaired) electrons. The summed E-state index contributed by atoms with van der Waals surface area (Å²) in [4.78, 5) is 21.6. The zero-order chi connectivity index (χ0) is 13.8. The number of hydrogen-bond acceptors (Lipinski definition) is 5. The smallest absolute Gasteiger partial charge is 0.321 e. The van der Waals surface area contributed by atoms with Crippen molar-refractivity contribution in [1.82, 2.24) is 4.72 Å². The number of carbonyl (C=O) groups is 2. The largest absolute Gasteiger partial charge is 0.480 e. The molecule has 0 spiro atoms. The molecular formula is C10H12N2O5S. The summed E-state index contributed by atoms with van der Waals surface area (Å²) in [5.74, 6) is -2.34. The predicted octanol–water partition coefficient (Wildman–Crippen LogP) is -0.706. The van der Waals surface area contributed by atoms with E-state index in [4.69, 9.17) is 10.8 Å². The van der Waals surface area contributed by atoms with E-state index in [1.165, 1.54) is 24.3 Å². The molecule has 0 aliphatic rings. The Morgan fingerprint density at radius 2 is 1.83 bits per heavy atom. The second-order valence-corrected chi connectivity index (χ2v) is 5.17. The topological polar surface area (TPSA) is 127 Å². The predicted molar refractivity (Wildman–Crippen MR) is 62.0 cm³/mol. The Morgan fingerprint density at radius 1 is 1.28 bits per heavy atom. The van der Waals surface area contributed by atoms with Crippen LogP contribution in [0.25, 0.3) is 0 Å². The van der Waals surface area contributed by atoms with Gasteiger partial charge in [0.15, 0.2) is 0 Å². The van der Waals surface area contributed by atoms with Crippen LogP contribution in [0.3, 0.4) is 0 Å². The molecule has 0 saturated heterocycles. The molecule has 0 fully saturated rings. The summed E-state index contributed by atoms with van der Waals surface area (Å²) in [6.45, 7) is 0. The van der Waals surface area contributed by atoms with Crippen LogP contribution >= 0.6 is 0 Å². The molecule has 1 rings (SSSR count). The highest BCUT2D eigenvalue weighted by Crippen LogP contribution is 2.07. The van der Waals surface area contributed by atoms with E-state index in [2.05, 4.69) is 0 Å². The zero-order valence-electron chi connectivity index (χ0n) is 9.24. The Labute approximate surface area is 104 Å². The Hall–Kier alpha value is -1.93. The van der Waals surface area contributed by atoms with Crippen molar-refractivity contribution in [2.75, 3.05) is 0 Å². The van der Waals surface area contributed by atoms with Gasteiger partial charge in [0, 0.05) is 0 Å². The minimum atomic E-state index is -3.98. The van der Waals surface area contributed by atoms with Crippen LogP contribution in [0, 0.1) is 0 Å². The maximum atomic E-state index is 11.7. The minimum Gasteiger partial charge on any atom is -0.480 e. The number of benzene rings is 1. The molecular weight excluding hydrogens is 260 g/mol. The van der Waals surface area contributed by atoms with Crippen LogP contribution in [-0.2, 0) is 19.6 Å². The summed E-state index contributed by atoms with van der Waals surface area (Å²) >= 11 is 0. The lowest BCUT2D eigenvalue weighted by molar-refractivity contribution is -0.140. The monoisotopic (exact) mass is 272 g/mol. The van der Waals surface area contributed by atoms with Crippen molar-refractivity contribution in [3.8, 4) is 0 Å². The first-order valence-electron chi connectivity index (χ1n) is 4.92. The molecule has 0 heterocycles. The van der Waals surface area contributed by atoms with E-state index in [9.17, 15) is 18.0 Å².